The van der Waals surface area contributed by atoms with Gasteiger partial charge in [-0.05, 0) is 49.3 Å². The van der Waals surface area contributed by atoms with E-state index in [2.05, 4.69) is 16.0 Å². The van der Waals surface area contributed by atoms with Gasteiger partial charge in [-0.3, -0.25) is 9.78 Å². The van der Waals surface area contributed by atoms with E-state index in [1.165, 1.54) is 5.56 Å². The van der Waals surface area contributed by atoms with Crippen LogP contribution in [0, 0.1) is 5.92 Å². The molecule has 1 aromatic carbocycles. The Bertz CT molecular complexity index is 724. The summed E-state index contributed by atoms with van der Waals surface area (Å²) in [5.41, 5.74) is 2.35. The number of hydrogen-bond acceptors (Lipinski definition) is 3. The van der Waals surface area contributed by atoms with Crippen molar-refractivity contribution >= 4 is 5.91 Å². The monoisotopic (exact) mass is 336 g/mol. The standard InChI is InChI=1S/C21H24N2O2/c24-21(19-9-13-25-20-6-2-1-5-18(19)20)23-11-7-16(8-12-23)14-17-4-3-10-22-15-17/h1-6,10,15-16,19H,7-9,11-14H2/t19-/m1/s1. The third-order valence-corrected chi connectivity index (χ3v) is 5.43. The van der Waals surface area contributed by atoms with Crippen LogP contribution in [0.5, 0.6) is 5.75 Å². The molecule has 1 fully saturated rings. The van der Waals surface area contributed by atoms with Crippen LogP contribution in [-0.4, -0.2) is 35.5 Å². The van der Waals surface area contributed by atoms with Crippen LogP contribution >= 0.6 is 0 Å². The summed E-state index contributed by atoms with van der Waals surface area (Å²) in [5.74, 6) is 1.75. The van der Waals surface area contributed by atoms with Crippen LogP contribution in [0.15, 0.2) is 48.8 Å². The minimum atomic E-state index is -0.0418. The highest BCUT2D eigenvalue weighted by molar-refractivity contribution is 5.85. The van der Waals surface area contributed by atoms with Crippen molar-refractivity contribution in [2.45, 2.75) is 31.6 Å². The maximum Gasteiger partial charge on any atom is 0.230 e. The predicted octanol–water partition coefficient (Wildman–Crippen LogP) is 3.43. The van der Waals surface area contributed by atoms with E-state index in [-0.39, 0.29) is 11.8 Å². The number of para-hydroxylation sites is 1. The lowest BCUT2D eigenvalue weighted by molar-refractivity contribution is -0.134. The predicted molar refractivity (Wildman–Crippen MR) is 96.5 cm³/mol. The zero-order chi connectivity index (χ0) is 17.1. The number of nitrogens with zero attached hydrogens (tertiary/aromatic N) is 2. The highest BCUT2D eigenvalue weighted by Crippen LogP contribution is 2.35. The zero-order valence-electron chi connectivity index (χ0n) is 14.4. The second-order valence-electron chi connectivity index (χ2n) is 7.06. The van der Waals surface area contributed by atoms with Gasteiger partial charge >= 0.3 is 0 Å². The fourth-order valence-electron chi connectivity index (χ4n) is 4.03. The van der Waals surface area contributed by atoms with Gasteiger partial charge in [0.2, 0.25) is 5.91 Å². The molecule has 25 heavy (non-hydrogen) atoms. The summed E-state index contributed by atoms with van der Waals surface area (Å²) < 4.78 is 5.70. The first-order chi connectivity index (χ1) is 12.3. The second kappa shape index (κ2) is 7.26. The van der Waals surface area contributed by atoms with Crippen LogP contribution in [0.1, 0.15) is 36.3 Å². The zero-order valence-corrected chi connectivity index (χ0v) is 14.4. The summed E-state index contributed by atoms with van der Waals surface area (Å²) in [6.07, 6.45) is 7.77. The number of amides is 1. The average molecular weight is 336 g/mol. The maximum atomic E-state index is 13.0. The number of carbonyl (C=O) groups is 1. The Morgan fingerprint density at radius 3 is 2.76 bits per heavy atom. The van der Waals surface area contributed by atoms with E-state index in [0.717, 1.165) is 50.1 Å². The number of carbonyl (C=O) groups excluding carboxylic acids is 1. The number of pyridine rings is 1. The molecule has 4 rings (SSSR count). The van der Waals surface area contributed by atoms with Crippen molar-refractivity contribution in [2.75, 3.05) is 19.7 Å². The van der Waals surface area contributed by atoms with Crippen LogP contribution in [0.4, 0.5) is 0 Å². The number of hydrogen-bond donors (Lipinski definition) is 0. The fourth-order valence-corrected chi connectivity index (χ4v) is 4.03. The molecule has 0 aliphatic carbocycles. The van der Waals surface area contributed by atoms with Crippen LogP contribution in [-0.2, 0) is 11.2 Å². The van der Waals surface area contributed by atoms with E-state index >= 15 is 0 Å². The molecule has 130 valence electrons. The number of rotatable bonds is 3. The number of fused-ring (bicyclic) bond motifs is 1. The second-order valence-corrected chi connectivity index (χ2v) is 7.06. The Kier molecular flexibility index (Phi) is 4.68. The summed E-state index contributed by atoms with van der Waals surface area (Å²) in [5, 5.41) is 0. The summed E-state index contributed by atoms with van der Waals surface area (Å²) >= 11 is 0. The van der Waals surface area contributed by atoms with Gasteiger partial charge in [0.25, 0.3) is 0 Å². The lowest BCUT2D eigenvalue weighted by atomic mass is 9.88. The molecule has 0 N–H and O–H groups in total. The fraction of sp³-hybridized carbons (Fsp3) is 0.429. The van der Waals surface area contributed by atoms with Gasteiger partial charge in [0, 0.05) is 31.0 Å². The average Bonchev–Trinajstić information content (AvgIpc) is 2.68. The van der Waals surface area contributed by atoms with Crippen molar-refractivity contribution in [3.05, 3.63) is 59.9 Å². The first-order valence-electron chi connectivity index (χ1n) is 9.20. The maximum absolute atomic E-state index is 13.0. The molecule has 1 aromatic heterocycles. The molecule has 1 atom stereocenters. The number of likely N-dealkylation sites (tertiary alicyclic amines) is 1. The molecule has 4 heteroatoms. The van der Waals surface area contributed by atoms with Crippen LogP contribution in [0.2, 0.25) is 0 Å². The number of ether oxygens (including phenoxy) is 1. The Hall–Kier alpha value is -2.36. The summed E-state index contributed by atoms with van der Waals surface area (Å²) in [6.45, 7) is 2.36. The number of piperidine rings is 1. The number of aromatic nitrogens is 1. The summed E-state index contributed by atoms with van der Waals surface area (Å²) in [6, 6.07) is 12.1. The van der Waals surface area contributed by atoms with Gasteiger partial charge in [0.1, 0.15) is 5.75 Å². The molecule has 2 aliphatic heterocycles. The van der Waals surface area contributed by atoms with E-state index in [9.17, 15) is 4.79 Å². The van der Waals surface area contributed by atoms with Crippen LogP contribution < -0.4 is 4.74 Å². The topological polar surface area (TPSA) is 42.4 Å². The van der Waals surface area contributed by atoms with Gasteiger partial charge in [0.15, 0.2) is 0 Å². The molecular formula is C21H24N2O2. The van der Waals surface area contributed by atoms with E-state index < -0.39 is 0 Å². The lowest BCUT2D eigenvalue weighted by Gasteiger charge is -2.35. The third-order valence-electron chi connectivity index (χ3n) is 5.43. The molecule has 3 heterocycles. The van der Waals surface area contributed by atoms with Crippen molar-refractivity contribution in [2.24, 2.45) is 5.92 Å². The van der Waals surface area contributed by atoms with Gasteiger partial charge in [-0.25, -0.2) is 0 Å². The molecule has 1 saturated heterocycles. The normalized spacial score (nSPS) is 20.6. The van der Waals surface area contributed by atoms with Gasteiger partial charge in [-0.2, -0.15) is 0 Å². The van der Waals surface area contributed by atoms with Crippen LogP contribution in [0.3, 0.4) is 0 Å². The molecule has 1 amide bonds. The Labute approximate surface area is 148 Å². The smallest absolute Gasteiger partial charge is 0.230 e. The van der Waals surface area contributed by atoms with Crippen molar-refractivity contribution < 1.29 is 9.53 Å². The quantitative estimate of drug-likeness (QED) is 0.862. The highest BCUT2D eigenvalue weighted by Gasteiger charge is 2.32. The first kappa shape index (κ1) is 16.1. The molecular weight excluding hydrogens is 312 g/mol. The highest BCUT2D eigenvalue weighted by atomic mass is 16.5. The van der Waals surface area contributed by atoms with Gasteiger partial charge < -0.3 is 9.64 Å². The molecule has 0 spiro atoms. The third kappa shape index (κ3) is 3.53. The van der Waals surface area contributed by atoms with E-state index in [1.54, 1.807) is 0 Å². The molecule has 0 radical (unpaired) electrons. The van der Waals surface area contributed by atoms with Crippen LogP contribution in [0.25, 0.3) is 0 Å². The minimum Gasteiger partial charge on any atom is -0.493 e. The van der Waals surface area contributed by atoms with Crippen molar-refractivity contribution in [1.29, 1.82) is 0 Å². The van der Waals surface area contributed by atoms with Gasteiger partial charge in [-0.15, -0.1) is 0 Å². The molecule has 2 aromatic rings. The SMILES string of the molecule is O=C([C@@H]1CCOc2ccccc21)N1CCC(Cc2cccnc2)CC1. The lowest BCUT2D eigenvalue weighted by Crippen LogP contribution is -2.42. The van der Waals surface area contributed by atoms with E-state index in [1.807, 2.05) is 42.7 Å². The molecule has 0 saturated carbocycles. The molecule has 0 unspecified atom stereocenters. The summed E-state index contributed by atoms with van der Waals surface area (Å²) in [7, 11) is 0. The molecule has 2 aliphatic rings. The van der Waals surface area contributed by atoms with Crippen molar-refractivity contribution in [3.8, 4) is 5.75 Å². The van der Waals surface area contributed by atoms with Crippen molar-refractivity contribution in [1.82, 2.24) is 9.88 Å². The molecule has 0 bridgehead atoms. The van der Waals surface area contributed by atoms with Gasteiger partial charge in [0.05, 0.1) is 12.5 Å². The summed E-state index contributed by atoms with van der Waals surface area (Å²) in [4.78, 5) is 19.3. The Morgan fingerprint density at radius 2 is 1.96 bits per heavy atom. The van der Waals surface area contributed by atoms with Gasteiger partial charge in [-0.1, -0.05) is 24.3 Å². The number of benzene rings is 1. The Balaban J connectivity index is 1.37. The Morgan fingerprint density at radius 1 is 1.12 bits per heavy atom. The first-order valence-corrected chi connectivity index (χ1v) is 9.20. The van der Waals surface area contributed by atoms with E-state index in [4.69, 9.17) is 4.74 Å². The van der Waals surface area contributed by atoms with Crippen molar-refractivity contribution in [3.63, 3.8) is 0 Å². The largest absolute Gasteiger partial charge is 0.493 e. The molecule has 4 nitrogen and oxygen atoms in total. The minimum absolute atomic E-state index is 0.0418. The van der Waals surface area contributed by atoms with E-state index in [0.29, 0.717) is 12.5 Å².